The van der Waals surface area contributed by atoms with E-state index in [1.807, 2.05) is 0 Å². The topological polar surface area (TPSA) is 405 Å². The van der Waals surface area contributed by atoms with Gasteiger partial charge in [-0.3, -0.25) is 13.8 Å². The van der Waals surface area contributed by atoms with Gasteiger partial charge in [0.2, 0.25) is 5.91 Å². The quantitative estimate of drug-likeness (QED) is 0.0292. The van der Waals surface area contributed by atoms with Gasteiger partial charge in [0.25, 0.3) is 0 Å². The van der Waals surface area contributed by atoms with E-state index in [2.05, 4.69) is 19.2 Å². The minimum atomic E-state index is -5.63. The van der Waals surface area contributed by atoms with Crippen LogP contribution in [-0.2, 0) is 37.4 Å². The van der Waals surface area contributed by atoms with Gasteiger partial charge < -0.3 is 101 Å². The highest BCUT2D eigenvalue weighted by Gasteiger charge is 2.57. The van der Waals surface area contributed by atoms with E-state index in [4.69, 9.17) is 28.0 Å². The third-order valence-corrected chi connectivity index (χ3v) is 18.6. The predicted molar refractivity (Wildman–Crippen MR) is 323 cm³/mol. The number of carbonyl (C=O) groups excluding carboxylic acids is 1. The second kappa shape index (κ2) is 46.0. The van der Waals surface area contributed by atoms with Crippen molar-refractivity contribution in [3.05, 3.63) is 0 Å². The highest BCUT2D eigenvalue weighted by Crippen LogP contribution is 2.48. The van der Waals surface area contributed by atoms with Crippen molar-refractivity contribution in [1.82, 2.24) is 5.32 Å². The molecule has 1 amide bonds. The van der Waals surface area contributed by atoms with Crippen molar-refractivity contribution in [2.24, 2.45) is 0 Å². The first-order valence-electron chi connectivity index (χ1n) is 33.7. The fraction of sp³-hybridized carbons (Fsp3) is 0.984. The zero-order valence-electron chi connectivity index (χ0n) is 52.5. The monoisotopic (exact) mass is 1280 g/mol. The van der Waals surface area contributed by atoms with E-state index in [1.165, 1.54) is 141 Å². The summed E-state index contributed by atoms with van der Waals surface area (Å²) >= 11 is 0. The molecule has 2 heterocycles. The molecule has 0 spiro atoms. The van der Waals surface area contributed by atoms with Crippen LogP contribution in [0.25, 0.3) is 0 Å². The maximum atomic E-state index is 13.9. The van der Waals surface area contributed by atoms with Crippen molar-refractivity contribution in [2.75, 3.05) is 19.8 Å². The smallest absolute Gasteiger partial charge is 0.394 e. The van der Waals surface area contributed by atoms with E-state index in [0.29, 0.717) is 12.8 Å². The number of carbonyl (C=O) groups is 1. The molecule has 3 fully saturated rings. The van der Waals surface area contributed by atoms with Gasteiger partial charge in [-0.05, 0) is 12.8 Å². The Labute approximate surface area is 518 Å². The minimum absolute atomic E-state index is 0.0627. The van der Waals surface area contributed by atoms with Crippen molar-refractivity contribution < 1.29 is 114 Å². The Morgan fingerprint density at radius 3 is 1.20 bits per heavy atom. The van der Waals surface area contributed by atoms with Crippen LogP contribution in [0.1, 0.15) is 245 Å². The van der Waals surface area contributed by atoms with Crippen molar-refractivity contribution in [3.8, 4) is 0 Å². The molecule has 516 valence electrons. The summed E-state index contributed by atoms with van der Waals surface area (Å²) in [7, 11) is -5.63. The molecule has 3 rings (SSSR count). The number of amides is 1. The van der Waals surface area contributed by atoms with Gasteiger partial charge in [0.05, 0.1) is 32.0 Å². The largest absolute Gasteiger partial charge is 0.472 e. The summed E-state index contributed by atoms with van der Waals surface area (Å²) in [6.07, 6.45) is 1.34. The Kier molecular flexibility index (Phi) is 42.4. The molecule has 1 aliphatic carbocycles. The average molecular weight is 1280 g/mol. The van der Waals surface area contributed by atoms with Crippen LogP contribution in [-0.4, -0.2) is 225 Å². The maximum Gasteiger partial charge on any atom is 0.472 e. The summed E-state index contributed by atoms with van der Waals surface area (Å²) in [6, 6.07) is -1.65. The molecule has 0 radical (unpaired) electrons. The second-order valence-electron chi connectivity index (χ2n) is 25.0. The summed E-state index contributed by atoms with van der Waals surface area (Å²) in [5.74, 6) is -0.958. The van der Waals surface area contributed by atoms with Gasteiger partial charge in [0.15, 0.2) is 12.6 Å². The van der Waals surface area contributed by atoms with Crippen LogP contribution in [0.2, 0.25) is 0 Å². The molecular weight excluding hydrogens is 1160 g/mol. The van der Waals surface area contributed by atoms with Crippen molar-refractivity contribution >= 4 is 13.7 Å². The lowest BCUT2D eigenvalue weighted by Gasteiger charge is -2.48. The SMILES string of the molecule is CCCCCCCCCCCCCCCCCCCCCC[C@@H](O)C(=O)N[C@@H](COP(=O)(O)O[C@H]1[C@H](O)[C@@H](O)[C@H](O)[C@@H](O)[C@H]1O[C@H]1O[C@H](CO)[C@@H](O)[C@H](O[C@H]2O[C@H](CO)[C@@H](O)[C@H](O)[C@@H]2O)[C@@H]1O)[C@H](O)[C@H](O)CCCCCCCCCCCCCCCC. The third-order valence-electron chi connectivity index (χ3n) is 17.6. The predicted octanol–water partition coefficient (Wildman–Crippen LogP) is 4.61. The van der Waals surface area contributed by atoms with Gasteiger partial charge in [0, 0.05) is 0 Å². The summed E-state index contributed by atoms with van der Waals surface area (Å²) in [5.41, 5.74) is 0. The first-order valence-corrected chi connectivity index (χ1v) is 35.2. The second-order valence-corrected chi connectivity index (χ2v) is 26.4. The number of unbranched alkanes of at least 4 members (excludes halogenated alkanes) is 32. The van der Waals surface area contributed by atoms with E-state index >= 15 is 0 Å². The van der Waals surface area contributed by atoms with Crippen LogP contribution < -0.4 is 5.32 Å². The zero-order valence-corrected chi connectivity index (χ0v) is 53.4. The van der Waals surface area contributed by atoms with Gasteiger partial charge in [-0.1, -0.05) is 232 Å². The standard InChI is InChI=1S/C62H120NO23P/c1-3-5-7-9-11-13-15-17-19-20-21-22-23-24-26-28-30-32-34-36-38-44(67)60(78)63-42(47(68)43(66)37-35-33-31-29-27-25-18-16-14-12-10-8-6-4-2)41-81-87(79,80)86-59-54(75)52(73)51(72)53(74)58(59)85-62-56(77)57(49(70)46(40-65)83-62)84-61-55(76)50(71)48(69)45(39-64)82-61/h42-59,61-62,64-77H,3-41H2,1-2H3,(H,63,78)(H,79,80)/t42-,43+,44+,45+,46+,47-,48+,49+,50-,51-,52-,53+,54+,55-,56-,57-,58+,59-,61+,62+/m0/s1. The molecule has 0 bridgehead atoms. The molecule has 87 heavy (non-hydrogen) atoms. The van der Waals surface area contributed by atoms with E-state index in [1.54, 1.807) is 0 Å². The third kappa shape index (κ3) is 29.8. The molecule has 0 aromatic rings. The molecule has 3 aliphatic rings. The number of phosphoric ester groups is 1. The van der Waals surface area contributed by atoms with Crippen LogP contribution in [0.4, 0.5) is 0 Å². The molecular formula is C62H120NO23P. The van der Waals surface area contributed by atoms with Gasteiger partial charge in [-0.25, -0.2) is 4.57 Å². The summed E-state index contributed by atoms with van der Waals surface area (Å²) < 4.78 is 46.6. The Morgan fingerprint density at radius 1 is 0.437 bits per heavy atom. The van der Waals surface area contributed by atoms with Crippen LogP contribution in [0.15, 0.2) is 0 Å². The summed E-state index contributed by atoms with van der Waals surface area (Å²) in [4.78, 5) is 24.7. The van der Waals surface area contributed by atoms with Gasteiger partial charge >= 0.3 is 7.82 Å². The maximum absolute atomic E-state index is 13.9. The van der Waals surface area contributed by atoms with Crippen LogP contribution in [0.5, 0.6) is 0 Å². The minimum Gasteiger partial charge on any atom is -0.394 e. The van der Waals surface area contributed by atoms with Crippen LogP contribution >= 0.6 is 7.82 Å². The highest BCUT2D eigenvalue weighted by molar-refractivity contribution is 7.47. The molecule has 1 saturated carbocycles. The van der Waals surface area contributed by atoms with Crippen molar-refractivity contribution in [1.29, 1.82) is 0 Å². The molecule has 16 N–H and O–H groups in total. The molecule has 1 unspecified atom stereocenters. The number of hydrogen-bond acceptors (Lipinski definition) is 22. The number of ether oxygens (including phenoxy) is 4. The van der Waals surface area contributed by atoms with Crippen LogP contribution in [0, 0.1) is 0 Å². The fourth-order valence-corrected chi connectivity index (χ4v) is 12.8. The number of rotatable bonds is 51. The van der Waals surface area contributed by atoms with E-state index in [0.717, 1.165) is 64.2 Å². The summed E-state index contributed by atoms with van der Waals surface area (Å²) in [5, 5.41) is 153. The Morgan fingerprint density at radius 2 is 0.782 bits per heavy atom. The number of aliphatic hydroxyl groups excluding tert-OH is 14. The van der Waals surface area contributed by atoms with E-state index in [9.17, 15) is 85.7 Å². The van der Waals surface area contributed by atoms with Gasteiger partial charge in [-0.15, -0.1) is 0 Å². The fourth-order valence-electron chi connectivity index (χ4n) is 11.9. The molecule has 0 aromatic carbocycles. The lowest BCUT2D eigenvalue weighted by molar-refractivity contribution is -0.372. The first kappa shape index (κ1) is 80.1. The molecule has 2 aliphatic heterocycles. The molecule has 2 saturated heterocycles. The highest BCUT2D eigenvalue weighted by atomic mass is 31.2. The first-order chi connectivity index (χ1) is 41.7. The van der Waals surface area contributed by atoms with Crippen molar-refractivity contribution in [2.45, 2.75) is 367 Å². The van der Waals surface area contributed by atoms with E-state index < -0.39 is 156 Å². The Bertz CT molecular complexity index is 1770. The van der Waals surface area contributed by atoms with Gasteiger partial charge in [-0.2, -0.15) is 0 Å². The lowest BCUT2D eigenvalue weighted by atomic mass is 9.84. The normalized spacial score (nSPS) is 30.9. The van der Waals surface area contributed by atoms with E-state index in [-0.39, 0.29) is 12.8 Å². The Hall–Kier alpha value is -1.14. The van der Waals surface area contributed by atoms with Gasteiger partial charge in [0.1, 0.15) is 97.7 Å². The van der Waals surface area contributed by atoms with Crippen molar-refractivity contribution in [3.63, 3.8) is 0 Å². The molecule has 25 heteroatoms. The number of phosphoric acid groups is 1. The molecule has 24 nitrogen and oxygen atoms in total. The Balaban J connectivity index is 1.61. The number of hydrogen-bond donors (Lipinski definition) is 16. The molecule has 0 aromatic heterocycles. The lowest BCUT2D eigenvalue weighted by Crippen LogP contribution is -2.68. The van der Waals surface area contributed by atoms with Crippen LogP contribution in [0.3, 0.4) is 0 Å². The molecule has 21 atom stereocenters. The average Bonchev–Trinajstić information content (AvgIpc) is 1.20. The number of aliphatic hydroxyl groups is 14. The number of nitrogens with one attached hydrogen (secondary N) is 1. The summed E-state index contributed by atoms with van der Waals surface area (Å²) in [6.45, 7) is 1.52. The zero-order chi connectivity index (χ0) is 64.2.